The van der Waals surface area contributed by atoms with Crippen LogP contribution in [0, 0.1) is 0 Å². The highest BCUT2D eigenvalue weighted by atomic mass is 19.4. The average molecular weight is 471 g/mol. The number of hydrogen-bond acceptors (Lipinski definition) is 6. The molecule has 7 nitrogen and oxygen atoms in total. The maximum Gasteiger partial charge on any atom is 0.416 e. The molecule has 178 valence electrons. The minimum Gasteiger partial charge on any atom is -0.378 e. The lowest BCUT2D eigenvalue weighted by molar-refractivity contribution is -0.137. The largest absolute Gasteiger partial charge is 0.416 e. The quantitative estimate of drug-likeness (QED) is 0.690. The molecule has 1 aromatic carbocycles. The number of carbonyl (C=O) groups is 1. The summed E-state index contributed by atoms with van der Waals surface area (Å²) >= 11 is 0. The summed E-state index contributed by atoms with van der Waals surface area (Å²) in [4.78, 5) is 23.9. The van der Waals surface area contributed by atoms with Gasteiger partial charge in [0.25, 0.3) is 5.91 Å². The zero-order chi connectivity index (χ0) is 24.0. The van der Waals surface area contributed by atoms with Crippen LogP contribution in [0.3, 0.4) is 0 Å². The van der Waals surface area contributed by atoms with Gasteiger partial charge >= 0.3 is 6.18 Å². The molecule has 2 N–H and O–H groups in total. The predicted octanol–water partition coefficient (Wildman–Crippen LogP) is 3.99. The first-order valence-corrected chi connectivity index (χ1v) is 10.8. The van der Waals surface area contributed by atoms with Gasteiger partial charge in [-0.25, -0.2) is 4.98 Å². The van der Waals surface area contributed by atoms with E-state index in [4.69, 9.17) is 4.74 Å². The lowest BCUT2D eigenvalue weighted by atomic mass is 10.1. The van der Waals surface area contributed by atoms with E-state index < -0.39 is 17.6 Å². The van der Waals surface area contributed by atoms with Crippen molar-refractivity contribution in [2.24, 2.45) is 4.99 Å². The van der Waals surface area contributed by atoms with Gasteiger partial charge in [0.05, 0.1) is 30.9 Å². The second-order valence-corrected chi connectivity index (χ2v) is 7.70. The highest BCUT2D eigenvalue weighted by molar-refractivity contribution is 6.07. The van der Waals surface area contributed by atoms with Crippen LogP contribution in [0.2, 0.25) is 0 Å². The maximum absolute atomic E-state index is 12.8. The molecule has 34 heavy (non-hydrogen) atoms. The molecule has 1 saturated heterocycles. The first-order chi connectivity index (χ1) is 16.4. The Morgan fingerprint density at radius 1 is 1.12 bits per heavy atom. The molecule has 0 aliphatic carbocycles. The summed E-state index contributed by atoms with van der Waals surface area (Å²) in [6.07, 6.45) is 3.09. The van der Waals surface area contributed by atoms with Crippen LogP contribution >= 0.6 is 0 Å². The molecular weight excluding hydrogens is 447 g/mol. The molecule has 3 heterocycles. The maximum atomic E-state index is 12.8. The Morgan fingerprint density at radius 2 is 1.88 bits per heavy atom. The summed E-state index contributed by atoms with van der Waals surface area (Å²) in [6.45, 7) is 3.89. The van der Waals surface area contributed by atoms with Crippen LogP contribution in [0.5, 0.6) is 0 Å². The number of anilines is 2. The Bertz CT molecular complexity index is 1100. The summed E-state index contributed by atoms with van der Waals surface area (Å²) in [7, 11) is 0. The Morgan fingerprint density at radius 3 is 2.62 bits per heavy atom. The van der Waals surface area contributed by atoms with Gasteiger partial charge in [0.2, 0.25) is 0 Å². The summed E-state index contributed by atoms with van der Waals surface area (Å²) < 4.78 is 43.7. The highest BCUT2D eigenvalue weighted by Gasteiger charge is 2.30. The van der Waals surface area contributed by atoms with Gasteiger partial charge in [0.15, 0.2) is 0 Å². The van der Waals surface area contributed by atoms with Crippen molar-refractivity contribution in [2.75, 3.05) is 50.0 Å². The second kappa shape index (κ2) is 10.5. The van der Waals surface area contributed by atoms with Crippen LogP contribution in [-0.2, 0) is 10.9 Å². The fourth-order valence-electron chi connectivity index (χ4n) is 3.56. The van der Waals surface area contributed by atoms with Crippen molar-refractivity contribution in [1.82, 2.24) is 9.88 Å². The Hall–Kier alpha value is -3.66. The smallest absolute Gasteiger partial charge is 0.378 e. The van der Waals surface area contributed by atoms with E-state index in [9.17, 15) is 18.0 Å². The lowest BCUT2D eigenvalue weighted by Crippen LogP contribution is -2.40. The van der Waals surface area contributed by atoms with E-state index in [0.29, 0.717) is 32.1 Å². The molecule has 0 spiro atoms. The number of rotatable bonds is 5. The fraction of sp³-hybridized carbons (Fsp3) is 0.292. The van der Waals surface area contributed by atoms with Crippen molar-refractivity contribution in [2.45, 2.75) is 6.18 Å². The van der Waals surface area contributed by atoms with Crippen LogP contribution in [0.15, 0.2) is 71.4 Å². The lowest BCUT2D eigenvalue weighted by Gasteiger charge is -2.28. The van der Waals surface area contributed by atoms with Gasteiger partial charge in [-0.1, -0.05) is 12.2 Å². The third-order valence-electron chi connectivity index (χ3n) is 5.32. The second-order valence-electron chi connectivity index (χ2n) is 7.70. The third-order valence-corrected chi connectivity index (χ3v) is 5.32. The van der Waals surface area contributed by atoms with Gasteiger partial charge in [-0.3, -0.25) is 9.79 Å². The van der Waals surface area contributed by atoms with Gasteiger partial charge in [0.1, 0.15) is 11.7 Å². The van der Waals surface area contributed by atoms with Crippen LogP contribution in [-0.4, -0.2) is 61.0 Å². The molecule has 1 amide bonds. The molecule has 0 bridgehead atoms. The topological polar surface area (TPSA) is 78.9 Å². The van der Waals surface area contributed by atoms with Crippen molar-refractivity contribution in [1.29, 1.82) is 0 Å². The molecule has 0 saturated carbocycles. The summed E-state index contributed by atoms with van der Waals surface area (Å²) in [6, 6.07) is 7.52. The number of carbonyl (C=O) groups excluding carboxylic acids is 1. The minimum atomic E-state index is -4.43. The first kappa shape index (κ1) is 23.5. The zero-order valence-corrected chi connectivity index (χ0v) is 18.3. The molecule has 2 aromatic rings. The Balaban J connectivity index is 1.43. The van der Waals surface area contributed by atoms with Crippen LogP contribution in [0.25, 0.3) is 0 Å². The SMILES string of the molecule is O=C(Nc1ccc(C(F)(F)F)cc1)c1cccnc1NCC1=CC(N2CCOCC2)=NCC=C1. The minimum absolute atomic E-state index is 0.258. The predicted molar refractivity (Wildman–Crippen MR) is 124 cm³/mol. The molecule has 0 radical (unpaired) electrons. The third kappa shape index (κ3) is 6.02. The van der Waals surface area contributed by atoms with E-state index in [1.807, 2.05) is 18.2 Å². The molecule has 0 atom stereocenters. The van der Waals surface area contributed by atoms with Crippen molar-refractivity contribution < 1.29 is 22.7 Å². The molecule has 2 aliphatic heterocycles. The number of aromatic nitrogens is 1. The zero-order valence-electron chi connectivity index (χ0n) is 18.3. The van der Waals surface area contributed by atoms with Crippen LogP contribution in [0.4, 0.5) is 24.7 Å². The number of halogens is 3. The van der Waals surface area contributed by atoms with E-state index in [-0.39, 0.29) is 11.3 Å². The number of alkyl halides is 3. The molecular formula is C24H24F3N5O2. The van der Waals surface area contributed by atoms with E-state index in [0.717, 1.165) is 36.6 Å². The van der Waals surface area contributed by atoms with Crippen molar-refractivity contribution in [3.05, 3.63) is 77.5 Å². The van der Waals surface area contributed by atoms with E-state index in [1.54, 1.807) is 18.3 Å². The number of aliphatic imine (C=N–C) groups is 1. The number of nitrogens with zero attached hydrogens (tertiary/aromatic N) is 3. The average Bonchev–Trinajstić information content (AvgIpc) is 3.09. The standard InChI is InChI=1S/C24H24F3N5O2/c25-24(26,27)18-5-7-19(8-6-18)31-23(33)20-4-2-10-29-22(20)30-16-17-3-1-9-28-21(15-17)32-11-13-34-14-12-32/h1-8,10,15H,9,11-14,16H2,(H,29,30)(H,31,33). The number of hydrogen-bond donors (Lipinski definition) is 2. The Kier molecular flexibility index (Phi) is 7.27. The number of ether oxygens (including phenoxy) is 1. The molecule has 2 aliphatic rings. The molecule has 10 heteroatoms. The number of morpholine rings is 1. The van der Waals surface area contributed by atoms with Gasteiger partial charge in [0, 0.05) is 31.5 Å². The van der Waals surface area contributed by atoms with Gasteiger partial charge in [-0.15, -0.1) is 0 Å². The van der Waals surface area contributed by atoms with Gasteiger partial charge in [-0.2, -0.15) is 13.2 Å². The molecule has 1 aromatic heterocycles. The van der Waals surface area contributed by atoms with Crippen LogP contribution < -0.4 is 10.6 Å². The van der Waals surface area contributed by atoms with E-state index >= 15 is 0 Å². The monoisotopic (exact) mass is 471 g/mol. The number of benzene rings is 1. The summed E-state index contributed by atoms with van der Waals surface area (Å²) in [5, 5.41) is 5.81. The van der Waals surface area contributed by atoms with Crippen molar-refractivity contribution in [3.8, 4) is 0 Å². The van der Waals surface area contributed by atoms with E-state index in [1.165, 1.54) is 12.1 Å². The number of amides is 1. The highest BCUT2D eigenvalue weighted by Crippen LogP contribution is 2.30. The Labute approximate surface area is 195 Å². The normalized spacial score (nSPS) is 16.4. The van der Waals surface area contributed by atoms with E-state index in [2.05, 4.69) is 25.5 Å². The molecule has 1 fully saturated rings. The number of nitrogens with one attached hydrogen (secondary N) is 2. The first-order valence-electron chi connectivity index (χ1n) is 10.8. The van der Waals surface area contributed by atoms with Crippen molar-refractivity contribution in [3.63, 3.8) is 0 Å². The van der Waals surface area contributed by atoms with Gasteiger partial charge < -0.3 is 20.3 Å². The van der Waals surface area contributed by atoms with Crippen LogP contribution in [0.1, 0.15) is 15.9 Å². The summed E-state index contributed by atoms with van der Waals surface area (Å²) in [5.41, 5.74) is 0.734. The van der Waals surface area contributed by atoms with Crippen molar-refractivity contribution >= 4 is 23.2 Å². The fourth-order valence-corrected chi connectivity index (χ4v) is 3.56. The number of amidine groups is 1. The summed E-state index contributed by atoms with van der Waals surface area (Å²) in [5.74, 6) is 0.790. The van der Waals surface area contributed by atoms with Gasteiger partial charge in [-0.05, 0) is 48.0 Å². The number of pyridine rings is 1. The molecule has 4 rings (SSSR count). The molecule has 0 unspecified atom stereocenters.